The molecule has 2 heterocycles. The number of rotatable bonds is 2. The minimum absolute atomic E-state index is 0. The lowest BCUT2D eigenvalue weighted by molar-refractivity contribution is 0.0662. The number of nitrogens with one attached hydrogen (secondary N) is 1. The van der Waals surface area contributed by atoms with Gasteiger partial charge in [0.15, 0.2) is 0 Å². The number of likely N-dealkylation sites (tertiary alicyclic amines) is 1. The number of carbonyl (C=O) groups excluding carboxylic acids is 1. The molecule has 2 fully saturated rings. The molecule has 2 aliphatic rings. The largest absolute Gasteiger partial charge is 0.339 e. The van der Waals surface area contributed by atoms with Crippen molar-refractivity contribution in [3.8, 4) is 0 Å². The second-order valence-corrected chi connectivity index (χ2v) is 6.70. The zero-order valence-electron chi connectivity index (χ0n) is 13.6. The van der Waals surface area contributed by atoms with Crippen molar-refractivity contribution in [2.45, 2.75) is 33.1 Å². The first-order valence-corrected chi connectivity index (χ1v) is 8.22. The van der Waals surface area contributed by atoms with E-state index in [1.54, 1.807) is 0 Å². The Balaban J connectivity index is 0.00000176. The van der Waals surface area contributed by atoms with Crippen LogP contribution in [0.4, 0.5) is 0 Å². The van der Waals surface area contributed by atoms with Gasteiger partial charge < -0.3 is 10.2 Å². The molecule has 3 nitrogen and oxygen atoms in total. The van der Waals surface area contributed by atoms with Gasteiger partial charge in [0.2, 0.25) is 0 Å². The number of piperidine rings is 1. The monoisotopic (exact) mass is 322 g/mol. The van der Waals surface area contributed by atoms with Crippen LogP contribution in [-0.4, -0.2) is 37.0 Å². The third kappa shape index (κ3) is 3.64. The van der Waals surface area contributed by atoms with Crippen molar-refractivity contribution in [3.05, 3.63) is 34.9 Å². The van der Waals surface area contributed by atoms with Crippen molar-refractivity contribution in [2.75, 3.05) is 26.2 Å². The van der Waals surface area contributed by atoms with Gasteiger partial charge in [-0.2, -0.15) is 0 Å². The van der Waals surface area contributed by atoms with E-state index in [0.717, 1.165) is 41.6 Å². The Hall–Kier alpha value is -1.06. The van der Waals surface area contributed by atoms with E-state index in [2.05, 4.69) is 29.3 Å². The summed E-state index contributed by atoms with van der Waals surface area (Å²) in [4.78, 5) is 14.8. The highest BCUT2D eigenvalue weighted by Crippen LogP contribution is 2.29. The highest BCUT2D eigenvalue weighted by molar-refractivity contribution is 5.95. The van der Waals surface area contributed by atoms with E-state index in [4.69, 9.17) is 0 Å². The topological polar surface area (TPSA) is 32.3 Å². The molecule has 1 amide bonds. The molecule has 22 heavy (non-hydrogen) atoms. The van der Waals surface area contributed by atoms with Crippen LogP contribution in [0.1, 0.15) is 40.7 Å². The molecule has 1 aromatic rings. The SMILES string of the molecule is Cc1ccc(C)c(C(=O)N2CCC(C3CCNC3)CC2)c1.Cl. The minimum atomic E-state index is 0. The molecule has 0 saturated carbocycles. The van der Waals surface area contributed by atoms with Crippen molar-refractivity contribution < 1.29 is 4.79 Å². The smallest absolute Gasteiger partial charge is 0.254 e. The number of halogens is 1. The van der Waals surface area contributed by atoms with Gasteiger partial charge in [0.1, 0.15) is 0 Å². The minimum Gasteiger partial charge on any atom is -0.339 e. The number of aryl methyl sites for hydroxylation is 2. The van der Waals surface area contributed by atoms with Crippen LogP contribution in [0.3, 0.4) is 0 Å². The van der Waals surface area contributed by atoms with Crippen LogP contribution in [0.25, 0.3) is 0 Å². The van der Waals surface area contributed by atoms with Crippen molar-refractivity contribution in [2.24, 2.45) is 11.8 Å². The zero-order chi connectivity index (χ0) is 14.8. The van der Waals surface area contributed by atoms with Crippen LogP contribution < -0.4 is 5.32 Å². The Labute approximate surface area is 139 Å². The van der Waals surface area contributed by atoms with E-state index in [9.17, 15) is 4.79 Å². The van der Waals surface area contributed by atoms with E-state index in [1.807, 2.05) is 13.0 Å². The molecule has 1 unspecified atom stereocenters. The molecule has 2 aliphatic heterocycles. The average molecular weight is 323 g/mol. The van der Waals surface area contributed by atoms with Crippen molar-refractivity contribution in [1.82, 2.24) is 10.2 Å². The Morgan fingerprint density at radius 2 is 1.86 bits per heavy atom. The van der Waals surface area contributed by atoms with E-state index in [-0.39, 0.29) is 18.3 Å². The van der Waals surface area contributed by atoms with Crippen LogP contribution in [0, 0.1) is 25.7 Å². The number of amides is 1. The molecule has 122 valence electrons. The highest BCUT2D eigenvalue weighted by Gasteiger charge is 2.30. The average Bonchev–Trinajstić information content (AvgIpc) is 3.03. The fraction of sp³-hybridized carbons (Fsp3) is 0.611. The van der Waals surface area contributed by atoms with Crippen LogP contribution in [0.2, 0.25) is 0 Å². The predicted octanol–water partition coefficient (Wildman–Crippen LogP) is 3.19. The summed E-state index contributed by atoms with van der Waals surface area (Å²) >= 11 is 0. The maximum atomic E-state index is 12.7. The Kier molecular flexibility index (Phi) is 5.87. The summed E-state index contributed by atoms with van der Waals surface area (Å²) in [5, 5.41) is 3.46. The third-order valence-electron chi connectivity index (χ3n) is 5.22. The van der Waals surface area contributed by atoms with E-state index < -0.39 is 0 Å². The van der Waals surface area contributed by atoms with Gasteiger partial charge in [0.25, 0.3) is 5.91 Å². The maximum Gasteiger partial charge on any atom is 0.254 e. The quantitative estimate of drug-likeness (QED) is 0.907. The van der Waals surface area contributed by atoms with E-state index in [0.29, 0.717) is 0 Å². The molecule has 3 rings (SSSR count). The summed E-state index contributed by atoms with van der Waals surface area (Å²) in [7, 11) is 0. The summed E-state index contributed by atoms with van der Waals surface area (Å²) in [6, 6.07) is 6.16. The molecule has 0 bridgehead atoms. The molecule has 0 aromatic heterocycles. The fourth-order valence-electron chi connectivity index (χ4n) is 3.79. The normalized spacial score (nSPS) is 22.5. The molecule has 1 N–H and O–H groups in total. The Bertz CT molecular complexity index is 518. The van der Waals surface area contributed by atoms with Gasteiger partial charge in [-0.15, -0.1) is 12.4 Å². The van der Waals surface area contributed by atoms with Crippen molar-refractivity contribution in [3.63, 3.8) is 0 Å². The lowest BCUT2D eigenvalue weighted by Gasteiger charge is -2.35. The van der Waals surface area contributed by atoms with Crippen molar-refractivity contribution >= 4 is 18.3 Å². The summed E-state index contributed by atoms with van der Waals surface area (Å²) < 4.78 is 0. The molecule has 1 atom stereocenters. The molecule has 4 heteroatoms. The molecule has 1 aromatic carbocycles. The molecular weight excluding hydrogens is 296 g/mol. The Morgan fingerprint density at radius 1 is 1.14 bits per heavy atom. The number of nitrogens with zero attached hydrogens (tertiary/aromatic N) is 1. The van der Waals surface area contributed by atoms with Crippen LogP contribution in [0.15, 0.2) is 18.2 Å². The number of benzene rings is 1. The summed E-state index contributed by atoms with van der Waals surface area (Å²) in [5.41, 5.74) is 3.14. The highest BCUT2D eigenvalue weighted by atomic mass is 35.5. The fourth-order valence-corrected chi connectivity index (χ4v) is 3.79. The molecule has 0 aliphatic carbocycles. The number of hydrogen-bond donors (Lipinski definition) is 1. The van der Waals surface area contributed by atoms with Gasteiger partial charge in [0.05, 0.1) is 0 Å². The van der Waals surface area contributed by atoms with Crippen LogP contribution in [-0.2, 0) is 0 Å². The van der Waals surface area contributed by atoms with Crippen LogP contribution >= 0.6 is 12.4 Å². The maximum absolute atomic E-state index is 12.7. The summed E-state index contributed by atoms with van der Waals surface area (Å²) in [6.45, 7) is 8.28. The molecule has 0 radical (unpaired) electrons. The van der Waals surface area contributed by atoms with Gasteiger partial charge in [-0.1, -0.05) is 17.7 Å². The van der Waals surface area contributed by atoms with Gasteiger partial charge in [-0.25, -0.2) is 0 Å². The van der Waals surface area contributed by atoms with E-state index >= 15 is 0 Å². The third-order valence-corrected chi connectivity index (χ3v) is 5.22. The number of carbonyl (C=O) groups is 1. The van der Waals surface area contributed by atoms with Gasteiger partial charge in [-0.3, -0.25) is 4.79 Å². The van der Waals surface area contributed by atoms with Gasteiger partial charge >= 0.3 is 0 Å². The first-order chi connectivity index (χ1) is 10.1. The van der Waals surface area contributed by atoms with Crippen LogP contribution in [0.5, 0.6) is 0 Å². The van der Waals surface area contributed by atoms with Crippen molar-refractivity contribution in [1.29, 1.82) is 0 Å². The van der Waals surface area contributed by atoms with Gasteiger partial charge in [-0.05, 0) is 69.7 Å². The second kappa shape index (κ2) is 7.47. The first kappa shape index (κ1) is 17.3. The zero-order valence-corrected chi connectivity index (χ0v) is 14.4. The lowest BCUT2D eigenvalue weighted by Crippen LogP contribution is -2.40. The Morgan fingerprint density at radius 3 is 2.50 bits per heavy atom. The van der Waals surface area contributed by atoms with Gasteiger partial charge in [0, 0.05) is 18.7 Å². The predicted molar refractivity (Wildman–Crippen MR) is 92.8 cm³/mol. The molecule has 0 spiro atoms. The lowest BCUT2D eigenvalue weighted by atomic mass is 9.83. The van der Waals surface area contributed by atoms with E-state index in [1.165, 1.54) is 32.4 Å². The standard InChI is InChI=1S/C18H26N2O.ClH/c1-13-3-4-14(2)17(11-13)18(21)20-9-6-15(7-10-20)16-5-8-19-12-16;/h3-4,11,15-16,19H,5-10,12H2,1-2H3;1H. The molecular formula is C18H27ClN2O. The number of hydrogen-bond acceptors (Lipinski definition) is 2. The summed E-state index contributed by atoms with van der Waals surface area (Å²) in [5.74, 6) is 1.87. The first-order valence-electron chi connectivity index (χ1n) is 8.22. The summed E-state index contributed by atoms with van der Waals surface area (Å²) in [6.07, 6.45) is 3.65. The second-order valence-electron chi connectivity index (χ2n) is 6.70. The molecule has 2 saturated heterocycles.